The molecule has 0 amide bonds. The molecule has 0 radical (unpaired) electrons. The van der Waals surface area contributed by atoms with Gasteiger partial charge in [0.15, 0.2) is 0 Å². The molecule has 0 bridgehead atoms. The SMILES string of the molecule is Cc1cc(-c2cc3ccccc3n2Cl)ccc1Cl. The maximum Gasteiger partial charge on any atom is 0.0660 e. The number of para-hydroxylation sites is 1. The fraction of sp³-hybridized carbons (Fsp3) is 0.0667. The van der Waals surface area contributed by atoms with Crippen LogP contribution in [-0.2, 0) is 0 Å². The first-order valence-electron chi connectivity index (χ1n) is 5.70. The Morgan fingerprint density at radius 1 is 1.00 bits per heavy atom. The minimum absolute atomic E-state index is 0.774. The van der Waals surface area contributed by atoms with Crippen LogP contribution in [0.2, 0.25) is 5.02 Å². The summed E-state index contributed by atoms with van der Waals surface area (Å²) in [6, 6.07) is 16.1. The molecule has 3 heteroatoms. The number of aryl methyl sites for hydroxylation is 1. The highest BCUT2D eigenvalue weighted by molar-refractivity contribution is 6.31. The van der Waals surface area contributed by atoms with Crippen LogP contribution >= 0.6 is 23.4 Å². The van der Waals surface area contributed by atoms with Gasteiger partial charge in [-0.3, -0.25) is 4.09 Å². The number of fused-ring (bicyclic) bond motifs is 1. The smallest absolute Gasteiger partial charge is 0.0660 e. The van der Waals surface area contributed by atoms with Crippen LogP contribution < -0.4 is 0 Å². The molecule has 0 unspecified atom stereocenters. The van der Waals surface area contributed by atoms with Crippen LogP contribution in [0.1, 0.15) is 5.56 Å². The average molecular weight is 276 g/mol. The molecule has 3 rings (SSSR count). The van der Waals surface area contributed by atoms with E-state index in [0.717, 1.165) is 32.7 Å². The van der Waals surface area contributed by atoms with Gasteiger partial charge in [-0.2, -0.15) is 0 Å². The number of nitrogens with zero attached hydrogens (tertiary/aromatic N) is 1. The lowest BCUT2D eigenvalue weighted by atomic mass is 10.1. The summed E-state index contributed by atoms with van der Waals surface area (Å²) in [6.07, 6.45) is 0. The van der Waals surface area contributed by atoms with E-state index in [-0.39, 0.29) is 0 Å². The van der Waals surface area contributed by atoms with Gasteiger partial charge in [0, 0.05) is 22.2 Å². The van der Waals surface area contributed by atoms with Crippen LogP contribution in [0.4, 0.5) is 0 Å². The summed E-state index contributed by atoms with van der Waals surface area (Å²) in [5.74, 6) is 0. The predicted octanol–water partition coefficient (Wildman–Crippen LogP) is 5.27. The van der Waals surface area contributed by atoms with E-state index >= 15 is 0 Å². The number of rotatable bonds is 1. The van der Waals surface area contributed by atoms with Crippen molar-refractivity contribution in [2.24, 2.45) is 0 Å². The highest BCUT2D eigenvalue weighted by Crippen LogP contribution is 2.31. The van der Waals surface area contributed by atoms with E-state index in [4.69, 9.17) is 23.4 Å². The van der Waals surface area contributed by atoms with Gasteiger partial charge >= 0.3 is 0 Å². The lowest BCUT2D eigenvalue weighted by Crippen LogP contribution is -1.86. The molecule has 0 spiro atoms. The maximum atomic E-state index is 6.37. The van der Waals surface area contributed by atoms with Crippen LogP contribution in [0.15, 0.2) is 48.5 Å². The van der Waals surface area contributed by atoms with Crippen LogP contribution in [-0.4, -0.2) is 4.09 Å². The van der Waals surface area contributed by atoms with E-state index in [0.29, 0.717) is 0 Å². The molecule has 90 valence electrons. The second-order valence-corrected chi connectivity index (χ2v) is 5.08. The van der Waals surface area contributed by atoms with E-state index < -0.39 is 0 Å². The molecule has 1 aromatic heterocycles. The van der Waals surface area contributed by atoms with Gasteiger partial charge in [0.05, 0.1) is 11.2 Å². The fourth-order valence-corrected chi connectivity index (χ4v) is 2.54. The van der Waals surface area contributed by atoms with Crippen molar-refractivity contribution in [1.29, 1.82) is 0 Å². The Kier molecular flexibility index (Phi) is 2.81. The van der Waals surface area contributed by atoms with Gasteiger partial charge in [0.2, 0.25) is 0 Å². The third-order valence-electron chi connectivity index (χ3n) is 3.11. The summed E-state index contributed by atoms with van der Waals surface area (Å²) in [4.78, 5) is 0. The standard InChI is InChI=1S/C15H11Cl2N/c1-10-8-12(6-7-13(10)16)15-9-11-4-2-3-5-14(11)18(15)17/h2-9H,1H3. The van der Waals surface area contributed by atoms with Gasteiger partial charge < -0.3 is 0 Å². The van der Waals surface area contributed by atoms with Gasteiger partial charge in [-0.15, -0.1) is 0 Å². The zero-order valence-corrected chi connectivity index (χ0v) is 11.3. The Balaban J connectivity index is 2.25. The number of aromatic nitrogens is 1. The summed E-state index contributed by atoms with van der Waals surface area (Å²) < 4.78 is 1.69. The number of benzene rings is 2. The van der Waals surface area contributed by atoms with Crippen molar-refractivity contribution in [2.75, 3.05) is 0 Å². The summed E-state index contributed by atoms with van der Waals surface area (Å²) in [5.41, 5.74) is 4.12. The van der Waals surface area contributed by atoms with E-state index in [1.165, 1.54) is 0 Å². The second-order valence-electron chi connectivity index (χ2n) is 4.33. The molecule has 0 aliphatic rings. The van der Waals surface area contributed by atoms with E-state index in [1.54, 1.807) is 4.09 Å². The van der Waals surface area contributed by atoms with Crippen LogP contribution in [0.25, 0.3) is 22.2 Å². The van der Waals surface area contributed by atoms with Crippen molar-refractivity contribution in [3.63, 3.8) is 0 Å². The van der Waals surface area contributed by atoms with E-state index in [1.807, 2.05) is 37.3 Å². The van der Waals surface area contributed by atoms with Gasteiger partial charge in [-0.25, -0.2) is 0 Å². The lowest BCUT2D eigenvalue weighted by molar-refractivity contribution is 1.31. The van der Waals surface area contributed by atoms with Crippen molar-refractivity contribution >= 4 is 34.3 Å². The van der Waals surface area contributed by atoms with Gasteiger partial charge in [-0.05, 0) is 42.3 Å². The largest absolute Gasteiger partial charge is 0.252 e. The molecule has 1 heterocycles. The molecule has 0 fully saturated rings. The molecular weight excluding hydrogens is 265 g/mol. The zero-order chi connectivity index (χ0) is 12.7. The molecule has 0 aliphatic heterocycles. The molecular formula is C15H11Cl2N. The fourth-order valence-electron chi connectivity index (χ4n) is 2.12. The molecule has 0 aliphatic carbocycles. The Labute approximate surface area is 116 Å². The predicted molar refractivity (Wildman–Crippen MR) is 78.4 cm³/mol. The molecule has 0 atom stereocenters. The highest BCUT2D eigenvalue weighted by atomic mass is 35.5. The summed E-state index contributed by atoms with van der Waals surface area (Å²) in [7, 11) is 0. The Morgan fingerprint density at radius 2 is 1.78 bits per heavy atom. The first kappa shape index (κ1) is 11.6. The van der Waals surface area contributed by atoms with Gasteiger partial charge in [-0.1, -0.05) is 35.9 Å². The molecule has 2 aromatic carbocycles. The minimum Gasteiger partial charge on any atom is -0.252 e. The highest BCUT2D eigenvalue weighted by Gasteiger charge is 2.09. The molecule has 0 N–H and O–H groups in total. The lowest BCUT2D eigenvalue weighted by Gasteiger charge is -2.04. The Hall–Kier alpha value is -1.44. The first-order valence-corrected chi connectivity index (χ1v) is 6.41. The van der Waals surface area contributed by atoms with Crippen LogP contribution in [0.5, 0.6) is 0 Å². The van der Waals surface area contributed by atoms with E-state index in [9.17, 15) is 0 Å². The Morgan fingerprint density at radius 3 is 2.50 bits per heavy atom. The normalized spacial score (nSPS) is 11.1. The number of hydrogen-bond acceptors (Lipinski definition) is 0. The van der Waals surface area contributed by atoms with Crippen molar-refractivity contribution in [3.8, 4) is 11.3 Å². The van der Waals surface area contributed by atoms with Crippen molar-refractivity contribution < 1.29 is 0 Å². The quantitative estimate of drug-likeness (QED) is 0.570. The van der Waals surface area contributed by atoms with E-state index in [2.05, 4.69) is 18.2 Å². The zero-order valence-electron chi connectivity index (χ0n) is 9.82. The average Bonchev–Trinajstić information content (AvgIpc) is 2.71. The maximum absolute atomic E-state index is 6.37. The molecule has 0 saturated carbocycles. The second kappa shape index (κ2) is 4.34. The summed E-state index contributed by atoms with van der Waals surface area (Å²) in [6.45, 7) is 1.99. The van der Waals surface area contributed by atoms with Crippen LogP contribution in [0, 0.1) is 6.92 Å². The molecule has 0 saturated heterocycles. The monoisotopic (exact) mass is 275 g/mol. The number of halogens is 2. The van der Waals surface area contributed by atoms with Crippen molar-refractivity contribution in [2.45, 2.75) is 6.92 Å². The Bertz CT molecular complexity index is 728. The van der Waals surface area contributed by atoms with Crippen molar-refractivity contribution in [3.05, 3.63) is 59.1 Å². The first-order chi connectivity index (χ1) is 8.66. The summed E-state index contributed by atoms with van der Waals surface area (Å²) in [5, 5.41) is 1.91. The third kappa shape index (κ3) is 1.80. The van der Waals surface area contributed by atoms with Gasteiger partial charge in [0.1, 0.15) is 0 Å². The third-order valence-corrected chi connectivity index (χ3v) is 3.89. The molecule has 18 heavy (non-hydrogen) atoms. The van der Waals surface area contributed by atoms with Gasteiger partial charge in [0.25, 0.3) is 0 Å². The molecule has 1 nitrogen and oxygen atoms in total. The topological polar surface area (TPSA) is 4.93 Å². The van der Waals surface area contributed by atoms with Crippen LogP contribution in [0.3, 0.4) is 0 Å². The van der Waals surface area contributed by atoms with Crippen molar-refractivity contribution in [1.82, 2.24) is 4.09 Å². The minimum atomic E-state index is 0.774. The molecule has 3 aromatic rings. The number of hydrogen-bond donors (Lipinski definition) is 0. The summed E-state index contributed by atoms with van der Waals surface area (Å²) >= 11 is 12.4.